The highest BCUT2D eigenvalue weighted by Crippen LogP contribution is 2.27. The smallest absolute Gasteiger partial charge is 0.355 e. The molecule has 0 atom stereocenters. The Morgan fingerprint density at radius 3 is 2.68 bits per heavy atom. The molecule has 8 heteroatoms. The number of allylic oxidation sites excluding steroid dienone is 2. The Bertz CT molecular complexity index is 474. The standard InChI is InChI=1S/C11H12F3N3O2/c12-11(13,14)10-16-8(17-19-10)5-6-15-9(18)7-3-1-2-4-7/h1-2,7H,3-6H2,(H,15,18). The summed E-state index contributed by atoms with van der Waals surface area (Å²) in [5.74, 6) is -1.62. The van der Waals surface area contributed by atoms with E-state index in [2.05, 4.69) is 20.0 Å². The number of aromatic nitrogens is 2. The minimum absolute atomic E-state index is 0.0721. The number of carbonyl (C=O) groups is 1. The first-order valence-electron chi connectivity index (χ1n) is 5.79. The molecule has 1 amide bonds. The van der Waals surface area contributed by atoms with Crippen LogP contribution >= 0.6 is 0 Å². The van der Waals surface area contributed by atoms with Crippen molar-refractivity contribution in [3.63, 3.8) is 0 Å². The Kier molecular flexibility index (Phi) is 3.87. The summed E-state index contributed by atoms with van der Waals surface area (Å²) in [6.07, 6.45) is 0.728. The Morgan fingerprint density at radius 2 is 2.11 bits per heavy atom. The van der Waals surface area contributed by atoms with E-state index in [0.29, 0.717) is 12.8 Å². The fourth-order valence-corrected chi connectivity index (χ4v) is 1.74. The van der Waals surface area contributed by atoms with Crippen LogP contribution in [-0.2, 0) is 17.4 Å². The Labute approximate surface area is 106 Å². The van der Waals surface area contributed by atoms with Crippen LogP contribution in [0.1, 0.15) is 24.6 Å². The topological polar surface area (TPSA) is 68.0 Å². The molecule has 0 saturated carbocycles. The monoisotopic (exact) mass is 275 g/mol. The summed E-state index contributed by atoms with van der Waals surface area (Å²) in [5.41, 5.74) is 0. The SMILES string of the molecule is O=C(NCCc1noc(C(F)(F)F)n1)C1CC=CC1. The molecule has 1 N–H and O–H groups in total. The summed E-state index contributed by atoms with van der Waals surface area (Å²) < 4.78 is 40.6. The predicted molar refractivity (Wildman–Crippen MR) is 57.9 cm³/mol. The molecule has 0 saturated heterocycles. The zero-order valence-corrected chi connectivity index (χ0v) is 9.91. The number of hydrogen-bond acceptors (Lipinski definition) is 4. The second-order valence-electron chi connectivity index (χ2n) is 4.19. The molecule has 0 bridgehead atoms. The highest BCUT2D eigenvalue weighted by Gasteiger charge is 2.38. The Morgan fingerprint density at radius 1 is 1.42 bits per heavy atom. The fourth-order valence-electron chi connectivity index (χ4n) is 1.74. The lowest BCUT2D eigenvalue weighted by Gasteiger charge is -2.08. The van der Waals surface area contributed by atoms with Crippen LogP contribution in [0.25, 0.3) is 0 Å². The van der Waals surface area contributed by atoms with Gasteiger partial charge in [-0.25, -0.2) is 0 Å². The van der Waals surface area contributed by atoms with Crippen LogP contribution in [0, 0.1) is 5.92 Å². The van der Waals surface area contributed by atoms with E-state index in [0.717, 1.165) is 0 Å². The van der Waals surface area contributed by atoms with E-state index in [1.807, 2.05) is 12.2 Å². The lowest BCUT2D eigenvalue weighted by molar-refractivity contribution is -0.159. The lowest BCUT2D eigenvalue weighted by atomic mass is 10.1. The molecule has 2 rings (SSSR count). The van der Waals surface area contributed by atoms with Gasteiger partial charge in [-0.3, -0.25) is 4.79 Å². The first kappa shape index (κ1) is 13.6. The van der Waals surface area contributed by atoms with Gasteiger partial charge in [-0.1, -0.05) is 17.3 Å². The van der Waals surface area contributed by atoms with E-state index >= 15 is 0 Å². The fraction of sp³-hybridized carbons (Fsp3) is 0.545. The average molecular weight is 275 g/mol. The quantitative estimate of drug-likeness (QED) is 0.849. The highest BCUT2D eigenvalue weighted by molar-refractivity contribution is 5.79. The van der Waals surface area contributed by atoms with Crippen molar-refractivity contribution < 1.29 is 22.5 Å². The van der Waals surface area contributed by atoms with E-state index in [-0.39, 0.29) is 30.6 Å². The molecule has 1 aromatic rings. The molecular weight excluding hydrogens is 263 g/mol. The second-order valence-corrected chi connectivity index (χ2v) is 4.19. The minimum Gasteiger partial charge on any atom is -0.355 e. The lowest BCUT2D eigenvalue weighted by Crippen LogP contribution is -2.31. The maximum Gasteiger partial charge on any atom is 0.471 e. The number of nitrogens with zero attached hydrogens (tertiary/aromatic N) is 2. The number of halogens is 3. The van der Waals surface area contributed by atoms with E-state index < -0.39 is 12.1 Å². The summed E-state index contributed by atoms with van der Waals surface area (Å²) >= 11 is 0. The second kappa shape index (κ2) is 5.41. The molecular formula is C11H12F3N3O2. The van der Waals surface area contributed by atoms with Gasteiger partial charge in [-0.2, -0.15) is 18.2 Å². The molecule has 0 spiro atoms. The van der Waals surface area contributed by atoms with Crippen molar-refractivity contribution >= 4 is 5.91 Å². The maximum atomic E-state index is 12.2. The molecule has 1 aromatic heterocycles. The molecule has 0 aromatic carbocycles. The first-order chi connectivity index (χ1) is 8.97. The van der Waals surface area contributed by atoms with Gasteiger partial charge in [0.1, 0.15) is 0 Å². The molecule has 0 aliphatic heterocycles. The van der Waals surface area contributed by atoms with Gasteiger partial charge >= 0.3 is 12.1 Å². The summed E-state index contributed by atoms with van der Waals surface area (Å²) in [6, 6.07) is 0. The predicted octanol–water partition coefficient (Wildman–Crippen LogP) is 1.71. The minimum atomic E-state index is -4.63. The Balaban J connectivity index is 1.76. The number of hydrogen-bond donors (Lipinski definition) is 1. The molecule has 1 aliphatic carbocycles. The molecule has 19 heavy (non-hydrogen) atoms. The van der Waals surface area contributed by atoms with Crippen molar-refractivity contribution in [3.05, 3.63) is 23.9 Å². The number of amides is 1. The van der Waals surface area contributed by atoms with Crippen LogP contribution in [0.5, 0.6) is 0 Å². The van der Waals surface area contributed by atoms with Crippen molar-refractivity contribution in [2.75, 3.05) is 6.54 Å². The van der Waals surface area contributed by atoms with Gasteiger partial charge in [0.15, 0.2) is 5.82 Å². The van der Waals surface area contributed by atoms with Crippen LogP contribution in [0.3, 0.4) is 0 Å². The largest absolute Gasteiger partial charge is 0.471 e. The van der Waals surface area contributed by atoms with Crippen molar-refractivity contribution in [3.8, 4) is 0 Å². The zero-order valence-electron chi connectivity index (χ0n) is 9.91. The van der Waals surface area contributed by atoms with Gasteiger partial charge < -0.3 is 9.84 Å². The third kappa shape index (κ3) is 3.55. The Hall–Kier alpha value is -1.86. The zero-order chi connectivity index (χ0) is 13.9. The van der Waals surface area contributed by atoms with E-state index in [9.17, 15) is 18.0 Å². The van der Waals surface area contributed by atoms with Crippen molar-refractivity contribution in [1.82, 2.24) is 15.5 Å². The first-order valence-corrected chi connectivity index (χ1v) is 5.79. The maximum absolute atomic E-state index is 12.2. The highest BCUT2D eigenvalue weighted by atomic mass is 19.4. The summed E-state index contributed by atoms with van der Waals surface area (Å²) in [7, 11) is 0. The van der Waals surface area contributed by atoms with E-state index in [4.69, 9.17) is 0 Å². The van der Waals surface area contributed by atoms with Gasteiger partial charge in [-0.05, 0) is 12.8 Å². The average Bonchev–Trinajstić information content (AvgIpc) is 2.99. The van der Waals surface area contributed by atoms with Gasteiger partial charge in [0.2, 0.25) is 5.91 Å². The summed E-state index contributed by atoms with van der Waals surface area (Å²) in [5, 5.41) is 5.85. The van der Waals surface area contributed by atoms with Crippen LogP contribution in [0.2, 0.25) is 0 Å². The number of nitrogens with one attached hydrogen (secondary N) is 1. The normalized spacial score (nSPS) is 15.9. The molecule has 1 heterocycles. The van der Waals surface area contributed by atoms with E-state index in [1.165, 1.54) is 0 Å². The number of carbonyl (C=O) groups excluding carboxylic acids is 1. The van der Waals surface area contributed by atoms with Crippen molar-refractivity contribution in [2.24, 2.45) is 5.92 Å². The third-order valence-corrected chi connectivity index (χ3v) is 2.74. The third-order valence-electron chi connectivity index (χ3n) is 2.74. The van der Waals surface area contributed by atoms with E-state index in [1.54, 1.807) is 0 Å². The van der Waals surface area contributed by atoms with Crippen LogP contribution in [-0.4, -0.2) is 22.6 Å². The van der Waals surface area contributed by atoms with Gasteiger partial charge in [0.25, 0.3) is 0 Å². The van der Waals surface area contributed by atoms with Crippen molar-refractivity contribution in [1.29, 1.82) is 0 Å². The van der Waals surface area contributed by atoms with Crippen molar-refractivity contribution in [2.45, 2.75) is 25.4 Å². The molecule has 0 unspecified atom stereocenters. The summed E-state index contributed by atoms with van der Waals surface area (Å²) in [4.78, 5) is 14.8. The summed E-state index contributed by atoms with van der Waals surface area (Å²) in [6.45, 7) is 0.187. The van der Waals surface area contributed by atoms with Crippen LogP contribution in [0.4, 0.5) is 13.2 Å². The molecule has 5 nitrogen and oxygen atoms in total. The molecule has 104 valence electrons. The molecule has 1 aliphatic rings. The number of rotatable bonds is 4. The van der Waals surface area contributed by atoms with Gasteiger partial charge in [0.05, 0.1) is 0 Å². The molecule has 0 radical (unpaired) electrons. The van der Waals surface area contributed by atoms with Gasteiger partial charge in [0, 0.05) is 18.9 Å². The van der Waals surface area contributed by atoms with Crippen LogP contribution < -0.4 is 5.32 Å². The van der Waals surface area contributed by atoms with Crippen LogP contribution in [0.15, 0.2) is 16.7 Å². The number of alkyl halides is 3. The van der Waals surface area contributed by atoms with Gasteiger partial charge in [-0.15, -0.1) is 0 Å². The molecule has 0 fully saturated rings.